The van der Waals surface area contributed by atoms with Gasteiger partial charge in [0.05, 0.1) is 11.3 Å². The number of hydrogen-bond acceptors (Lipinski definition) is 3. The first-order chi connectivity index (χ1) is 7.52. The lowest BCUT2D eigenvalue weighted by atomic mass is 10.1. The van der Waals surface area contributed by atoms with Crippen molar-refractivity contribution in [3.8, 4) is 0 Å². The third-order valence-electron chi connectivity index (χ3n) is 2.64. The molecule has 5 nitrogen and oxygen atoms in total. The predicted molar refractivity (Wildman–Crippen MR) is 58.7 cm³/mol. The van der Waals surface area contributed by atoms with E-state index in [4.69, 9.17) is 5.11 Å². The molecule has 0 bridgehead atoms. The second kappa shape index (κ2) is 4.92. The van der Waals surface area contributed by atoms with Crippen molar-refractivity contribution in [1.82, 2.24) is 9.78 Å². The Bertz CT molecular complexity index is 410. The van der Waals surface area contributed by atoms with Gasteiger partial charge in [-0.3, -0.25) is 9.48 Å². The molecule has 0 fully saturated rings. The van der Waals surface area contributed by atoms with Crippen LogP contribution in [0.15, 0.2) is 0 Å². The van der Waals surface area contributed by atoms with E-state index in [1.807, 2.05) is 6.92 Å². The van der Waals surface area contributed by atoms with Gasteiger partial charge in [0.15, 0.2) is 6.29 Å². The average molecular weight is 224 g/mol. The lowest BCUT2D eigenvalue weighted by Gasteiger charge is -2.13. The highest BCUT2D eigenvalue weighted by molar-refractivity contribution is 5.79. The highest BCUT2D eigenvalue weighted by Gasteiger charge is 2.23. The van der Waals surface area contributed by atoms with Crippen LogP contribution in [-0.2, 0) is 4.79 Å². The van der Waals surface area contributed by atoms with Crippen LogP contribution < -0.4 is 0 Å². The topological polar surface area (TPSA) is 72.2 Å². The summed E-state index contributed by atoms with van der Waals surface area (Å²) in [4.78, 5) is 21.9. The largest absolute Gasteiger partial charge is 0.480 e. The maximum absolute atomic E-state index is 11.1. The Labute approximate surface area is 94.1 Å². The van der Waals surface area contributed by atoms with E-state index in [1.165, 1.54) is 4.68 Å². The van der Waals surface area contributed by atoms with E-state index in [1.54, 1.807) is 13.8 Å². The summed E-state index contributed by atoms with van der Waals surface area (Å²) in [5.74, 6) is -0.912. The van der Waals surface area contributed by atoms with Crippen molar-refractivity contribution in [3.05, 3.63) is 17.0 Å². The van der Waals surface area contributed by atoms with Crippen LogP contribution in [0.1, 0.15) is 47.6 Å². The molecule has 16 heavy (non-hydrogen) atoms. The van der Waals surface area contributed by atoms with Gasteiger partial charge >= 0.3 is 5.97 Å². The molecule has 1 aromatic rings. The van der Waals surface area contributed by atoms with Crippen LogP contribution in [0.3, 0.4) is 0 Å². The molecule has 0 amide bonds. The molecule has 1 heterocycles. The van der Waals surface area contributed by atoms with E-state index < -0.39 is 12.0 Å². The highest BCUT2D eigenvalue weighted by atomic mass is 16.4. The molecule has 1 rings (SSSR count). The van der Waals surface area contributed by atoms with E-state index in [2.05, 4.69) is 5.10 Å². The zero-order valence-corrected chi connectivity index (χ0v) is 9.73. The molecule has 0 aromatic carbocycles. The molecular weight excluding hydrogens is 208 g/mol. The van der Waals surface area contributed by atoms with Crippen LogP contribution in [0, 0.1) is 13.8 Å². The quantitative estimate of drug-likeness (QED) is 0.773. The molecule has 1 unspecified atom stereocenters. The van der Waals surface area contributed by atoms with Crippen molar-refractivity contribution in [2.75, 3.05) is 0 Å². The molecule has 1 N–H and O–H groups in total. The summed E-state index contributed by atoms with van der Waals surface area (Å²) in [5, 5.41) is 13.2. The summed E-state index contributed by atoms with van der Waals surface area (Å²) in [7, 11) is 0. The van der Waals surface area contributed by atoms with Gasteiger partial charge in [-0.15, -0.1) is 0 Å². The van der Waals surface area contributed by atoms with Gasteiger partial charge in [0.1, 0.15) is 6.04 Å². The van der Waals surface area contributed by atoms with Gasteiger partial charge in [-0.2, -0.15) is 5.10 Å². The molecule has 1 aromatic heterocycles. The van der Waals surface area contributed by atoms with Gasteiger partial charge in [0, 0.05) is 5.69 Å². The summed E-state index contributed by atoms with van der Waals surface area (Å²) < 4.78 is 1.44. The maximum Gasteiger partial charge on any atom is 0.328 e. The number of carbonyl (C=O) groups excluding carboxylic acids is 1. The lowest BCUT2D eigenvalue weighted by Crippen LogP contribution is -2.21. The van der Waals surface area contributed by atoms with E-state index >= 15 is 0 Å². The van der Waals surface area contributed by atoms with Crippen LogP contribution in [0.4, 0.5) is 0 Å². The molecule has 0 saturated carbocycles. The number of aromatic nitrogens is 2. The predicted octanol–water partition coefficient (Wildman–Crippen LogP) is 1.74. The summed E-state index contributed by atoms with van der Waals surface area (Å²) >= 11 is 0. The number of aldehydes is 1. The van der Waals surface area contributed by atoms with Crippen molar-refractivity contribution in [3.63, 3.8) is 0 Å². The first-order valence-electron chi connectivity index (χ1n) is 5.26. The molecule has 0 aliphatic carbocycles. The van der Waals surface area contributed by atoms with Gasteiger partial charge in [-0.1, -0.05) is 13.3 Å². The molecule has 0 saturated heterocycles. The van der Waals surface area contributed by atoms with E-state index in [-0.39, 0.29) is 0 Å². The Morgan fingerprint density at radius 3 is 2.56 bits per heavy atom. The Morgan fingerprint density at radius 1 is 1.56 bits per heavy atom. The van der Waals surface area contributed by atoms with Crippen molar-refractivity contribution in [2.45, 2.75) is 39.7 Å². The number of aryl methyl sites for hydroxylation is 1. The van der Waals surface area contributed by atoms with Crippen molar-refractivity contribution < 1.29 is 14.7 Å². The second-order valence-electron chi connectivity index (χ2n) is 3.79. The molecule has 0 radical (unpaired) electrons. The molecule has 5 heteroatoms. The monoisotopic (exact) mass is 224 g/mol. The lowest BCUT2D eigenvalue weighted by molar-refractivity contribution is -0.141. The number of hydrogen-bond donors (Lipinski definition) is 1. The minimum atomic E-state index is -0.912. The number of nitrogens with zero attached hydrogens (tertiary/aromatic N) is 2. The summed E-state index contributed by atoms with van der Waals surface area (Å²) in [6, 6.07) is -0.683. The normalized spacial score (nSPS) is 12.4. The Hall–Kier alpha value is -1.65. The fraction of sp³-hybridized carbons (Fsp3) is 0.545. The summed E-state index contributed by atoms with van der Waals surface area (Å²) in [5.41, 5.74) is 1.69. The second-order valence-corrected chi connectivity index (χ2v) is 3.79. The maximum atomic E-state index is 11.1. The minimum absolute atomic E-state index is 0.488. The van der Waals surface area contributed by atoms with E-state index in [0.717, 1.165) is 12.7 Å². The molecule has 0 spiro atoms. The third-order valence-corrected chi connectivity index (χ3v) is 2.64. The summed E-state index contributed by atoms with van der Waals surface area (Å²) in [6.07, 6.45) is 1.99. The third kappa shape index (κ3) is 2.13. The number of carbonyl (C=O) groups is 2. The van der Waals surface area contributed by atoms with Crippen molar-refractivity contribution in [2.24, 2.45) is 0 Å². The molecule has 0 aliphatic heterocycles. The summed E-state index contributed by atoms with van der Waals surface area (Å²) in [6.45, 7) is 5.34. The van der Waals surface area contributed by atoms with Gasteiger partial charge in [-0.05, 0) is 20.3 Å². The minimum Gasteiger partial charge on any atom is -0.480 e. The standard InChI is InChI=1S/C11H16N2O3/c1-4-5-10(11(15)16)13-8(3)9(6-14)7(2)12-13/h6,10H,4-5H2,1-3H3,(H,15,16). The van der Waals surface area contributed by atoms with E-state index in [9.17, 15) is 9.59 Å². The Balaban J connectivity index is 3.19. The smallest absolute Gasteiger partial charge is 0.328 e. The van der Waals surface area contributed by atoms with E-state index in [0.29, 0.717) is 23.4 Å². The van der Waals surface area contributed by atoms with Gasteiger partial charge < -0.3 is 5.11 Å². The fourth-order valence-electron chi connectivity index (χ4n) is 1.77. The number of aliphatic carboxylic acids is 1. The number of rotatable bonds is 5. The Morgan fingerprint density at radius 2 is 2.19 bits per heavy atom. The van der Waals surface area contributed by atoms with Crippen LogP contribution in [0.5, 0.6) is 0 Å². The van der Waals surface area contributed by atoms with Crippen LogP contribution in [-0.4, -0.2) is 27.1 Å². The Kier molecular flexibility index (Phi) is 3.82. The molecule has 0 aliphatic rings. The van der Waals surface area contributed by atoms with Crippen molar-refractivity contribution in [1.29, 1.82) is 0 Å². The number of carboxylic acid groups (broad SMARTS) is 1. The van der Waals surface area contributed by atoms with Gasteiger partial charge in [0.2, 0.25) is 0 Å². The zero-order valence-electron chi connectivity index (χ0n) is 9.73. The SMILES string of the molecule is CCCC(C(=O)O)n1nc(C)c(C=O)c1C. The van der Waals surface area contributed by atoms with Gasteiger partial charge in [0.25, 0.3) is 0 Å². The van der Waals surface area contributed by atoms with Crippen LogP contribution >= 0.6 is 0 Å². The molecule has 88 valence electrons. The van der Waals surface area contributed by atoms with Crippen molar-refractivity contribution >= 4 is 12.3 Å². The fourth-order valence-corrected chi connectivity index (χ4v) is 1.77. The molecule has 1 atom stereocenters. The van der Waals surface area contributed by atoms with Crippen LogP contribution in [0.25, 0.3) is 0 Å². The number of carboxylic acids is 1. The first-order valence-corrected chi connectivity index (χ1v) is 5.26. The van der Waals surface area contributed by atoms with Gasteiger partial charge in [-0.25, -0.2) is 4.79 Å². The average Bonchev–Trinajstić information content (AvgIpc) is 2.50. The first kappa shape index (κ1) is 12.4. The highest BCUT2D eigenvalue weighted by Crippen LogP contribution is 2.19. The van der Waals surface area contributed by atoms with Crippen LogP contribution in [0.2, 0.25) is 0 Å². The molecular formula is C11H16N2O3. The zero-order chi connectivity index (χ0) is 12.3.